The molecule has 0 saturated heterocycles. The van der Waals surface area contributed by atoms with Crippen LogP contribution in [-0.4, -0.2) is 4.98 Å². The Hall–Kier alpha value is -4.77. The van der Waals surface area contributed by atoms with Gasteiger partial charge in [-0.05, 0) is 110 Å². The van der Waals surface area contributed by atoms with Gasteiger partial charge in [0.05, 0.1) is 0 Å². The van der Waals surface area contributed by atoms with Crippen LogP contribution in [-0.2, 0) is 11.8 Å². The van der Waals surface area contributed by atoms with Crippen LogP contribution in [0.2, 0.25) is 0 Å². The van der Waals surface area contributed by atoms with Crippen molar-refractivity contribution in [2.45, 2.75) is 25.7 Å². The van der Waals surface area contributed by atoms with E-state index in [0.717, 1.165) is 33.3 Å². The maximum Gasteiger partial charge on any atom is 0.300 e. The molecule has 6 aromatic carbocycles. The van der Waals surface area contributed by atoms with Gasteiger partial charge in [-0.3, -0.25) is 4.98 Å². The summed E-state index contributed by atoms with van der Waals surface area (Å²) in [5.41, 5.74) is 5.18. The van der Waals surface area contributed by atoms with E-state index in [4.69, 9.17) is 0 Å². The number of hydrogen-bond donors (Lipinski definition) is 0. The van der Waals surface area contributed by atoms with Gasteiger partial charge < -0.3 is 0 Å². The number of hydrogen-bond acceptors (Lipinski definition) is 1. The lowest BCUT2D eigenvalue weighted by Gasteiger charge is -2.22. The van der Waals surface area contributed by atoms with Gasteiger partial charge in [0, 0.05) is 33.6 Å². The van der Waals surface area contributed by atoms with E-state index in [-0.39, 0.29) is 22.3 Å². The minimum atomic E-state index is -3.19. The second-order valence-corrected chi connectivity index (χ2v) is 11.6. The molecule has 5 heteroatoms. The van der Waals surface area contributed by atoms with Crippen molar-refractivity contribution >= 4 is 32.3 Å². The van der Waals surface area contributed by atoms with E-state index in [2.05, 4.69) is 4.98 Å². The van der Waals surface area contributed by atoms with E-state index < -0.39 is 11.8 Å². The summed E-state index contributed by atoms with van der Waals surface area (Å²) in [6.45, 7) is 3.83. The van der Waals surface area contributed by atoms with Crippen molar-refractivity contribution in [1.82, 2.24) is 4.98 Å². The summed E-state index contributed by atoms with van der Waals surface area (Å²) < 4.78 is 64.3. The Labute approximate surface area is 238 Å². The number of pyridine rings is 1. The third-order valence-corrected chi connectivity index (χ3v) is 9.16. The first-order valence-corrected chi connectivity index (χ1v) is 13.9. The molecule has 0 N–H and O–H groups in total. The predicted molar refractivity (Wildman–Crippen MR) is 160 cm³/mol. The molecule has 0 spiro atoms. The van der Waals surface area contributed by atoms with Gasteiger partial charge in [-0.15, -0.1) is 0 Å². The predicted octanol–water partition coefficient (Wildman–Crippen LogP) is 10.5. The summed E-state index contributed by atoms with van der Waals surface area (Å²) in [6.07, 6.45) is 0. The number of aryl methyl sites for hydroxylation is 2. The molecule has 0 unspecified atom stereocenters. The summed E-state index contributed by atoms with van der Waals surface area (Å²) in [5, 5.41) is 3.93. The van der Waals surface area contributed by atoms with Crippen LogP contribution in [0.1, 0.15) is 33.6 Å². The normalized spacial score (nSPS) is 15.8. The van der Waals surface area contributed by atoms with Gasteiger partial charge in [0.2, 0.25) is 0 Å². The molecule has 0 bridgehead atoms. The van der Waals surface area contributed by atoms with E-state index in [0.29, 0.717) is 43.8 Å². The molecule has 0 fully saturated rings. The van der Waals surface area contributed by atoms with Crippen molar-refractivity contribution < 1.29 is 17.6 Å². The number of halogens is 4. The summed E-state index contributed by atoms with van der Waals surface area (Å²) in [7, 11) is 0. The number of alkyl halides is 4. The van der Waals surface area contributed by atoms with Crippen molar-refractivity contribution in [1.29, 1.82) is 0 Å². The largest absolute Gasteiger partial charge is 0.300 e. The summed E-state index contributed by atoms with van der Waals surface area (Å²) in [5.74, 6) is -6.36. The first-order valence-electron chi connectivity index (χ1n) is 13.9. The van der Waals surface area contributed by atoms with Crippen LogP contribution >= 0.6 is 0 Å². The highest BCUT2D eigenvalue weighted by Crippen LogP contribution is 2.59. The molecule has 0 radical (unpaired) electrons. The van der Waals surface area contributed by atoms with Crippen molar-refractivity contribution in [2.75, 3.05) is 0 Å². The smallest absolute Gasteiger partial charge is 0.258 e. The molecular formula is C37H21F4N. The molecule has 0 saturated carbocycles. The maximum atomic E-state index is 16.2. The summed E-state index contributed by atoms with van der Waals surface area (Å²) >= 11 is 0. The Morgan fingerprint density at radius 3 is 1.90 bits per heavy atom. The Morgan fingerprint density at radius 1 is 0.524 bits per heavy atom. The molecule has 202 valence electrons. The van der Waals surface area contributed by atoms with Gasteiger partial charge in [-0.1, -0.05) is 60.7 Å². The summed E-state index contributed by atoms with van der Waals surface area (Å²) in [6, 6.07) is 26.0. The lowest BCUT2D eigenvalue weighted by molar-refractivity contribution is 0.0480. The minimum absolute atomic E-state index is 0.0123. The molecule has 0 amide bonds. The first kappa shape index (κ1) is 23.9. The molecule has 1 heterocycles. The van der Waals surface area contributed by atoms with E-state index in [1.54, 1.807) is 54.6 Å². The van der Waals surface area contributed by atoms with Crippen molar-refractivity contribution in [2.24, 2.45) is 0 Å². The fourth-order valence-corrected chi connectivity index (χ4v) is 7.59. The molecule has 7 aromatic rings. The Morgan fingerprint density at radius 2 is 1.17 bits per heavy atom. The molecule has 0 atom stereocenters. The quantitative estimate of drug-likeness (QED) is 0.145. The number of aromatic nitrogens is 1. The zero-order valence-electron chi connectivity index (χ0n) is 22.6. The molecular weight excluding hydrogens is 534 g/mol. The zero-order valence-corrected chi connectivity index (χ0v) is 22.6. The Kier molecular flexibility index (Phi) is 4.29. The van der Waals surface area contributed by atoms with Crippen molar-refractivity contribution in [3.63, 3.8) is 0 Å². The lowest BCUT2D eigenvalue weighted by atomic mass is 9.82. The Balaban J connectivity index is 1.54. The maximum absolute atomic E-state index is 16.2. The topological polar surface area (TPSA) is 12.9 Å². The van der Waals surface area contributed by atoms with Gasteiger partial charge in [-0.25, -0.2) is 0 Å². The second kappa shape index (κ2) is 7.54. The monoisotopic (exact) mass is 555 g/mol. The molecule has 1 aromatic heterocycles. The minimum Gasteiger partial charge on any atom is -0.258 e. The highest BCUT2D eigenvalue weighted by atomic mass is 19.3. The highest BCUT2D eigenvalue weighted by Gasteiger charge is 2.47. The van der Waals surface area contributed by atoms with Crippen LogP contribution in [0, 0.1) is 13.8 Å². The van der Waals surface area contributed by atoms with E-state index in [1.807, 2.05) is 38.1 Å². The molecule has 9 rings (SSSR count). The highest BCUT2D eigenvalue weighted by molar-refractivity contribution is 6.31. The molecule has 2 aliphatic rings. The van der Waals surface area contributed by atoms with E-state index in [9.17, 15) is 0 Å². The SMILES string of the molecule is Cc1cc(-c2cc3c4c(cc5ccc6c7c(cc2c6c53)-c2ccccc2C7(F)F)C(F)(F)c2ccccc2-4)cc(C)n1. The number of rotatable bonds is 1. The third kappa shape index (κ3) is 2.76. The lowest BCUT2D eigenvalue weighted by Crippen LogP contribution is -2.12. The second-order valence-electron chi connectivity index (χ2n) is 11.6. The van der Waals surface area contributed by atoms with Crippen LogP contribution in [0.3, 0.4) is 0 Å². The van der Waals surface area contributed by atoms with Crippen LogP contribution in [0.25, 0.3) is 65.7 Å². The van der Waals surface area contributed by atoms with Crippen molar-refractivity contribution in [3.8, 4) is 33.4 Å². The first-order chi connectivity index (χ1) is 20.2. The fourth-order valence-electron chi connectivity index (χ4n) is 7.59. The fraction of sp³-hybridized carbons (Fsp3) is 0.108. The van der Waals surface area contributed by atoms with Crippen LogP contribution < -0.4 is 0 Å². The molecule has 1 nitrogen and oxygen atoms in total. The standard InChI is InChI=1S/C37H21F4N/c1-18-13-21(14-19(2)42-18)25-16-28-32-20(15-31-33(28)23-8-4-6-10-30(23)36(31,38)39)11-12-24-34(32)26(25)17-27-22-7-3-5-9-29(22)37(40,41)35(24)27/h3-17H,1-2H3. The third-order valence-electron chi connectivity index (χ3n) is 9.16. The van der Waals surface area contributed by atoms with Crippen LogP contribution in [0.5, 0.6) is 0 Å². The molecule has 42 heavy (non-hydrogen) atoms. The Bertz CT molecular complexity index is 2310. The molecule has 2 aliphatic carbocycles. The van der Waals surface area contributed by atoms with Crippen LogP contribution in [0.4, 0.5) is 17.6 Å². The van der Waals surface area contributed by atoms with Gasteiger partial charge in [0.25, 0.3) is 11.8 Å². The zero-order chi connectivity index (χ0) is 28.7. The van der Waals surface area contributed by atoms with Gasteiger partial charge >= 0.3 is 0 Å². The molecule has 0 aliphatic heterocycles. The summed E-state index contributed by atoms with van der Waals surface area (Å²) in [4.78, 5) is 4.55. The number of fused-ring (bicyclic) bond motifs is 8. The van der Waals surface area contributed by atoms with Gasteiger partial charge in [0.1, 0.15) is 0 Å². The van der Waals surface area contributed by atoms with E-state index in [1.165, 1.54) is 12.1 Å². The average molecular weight is 556 g/mol. The van der Waals surface area contributed by atoms with Gasteiger partial charge in [-0.2, -0.15) is 17.6 Å². The van der Waals surface area contributed by atoms with Crippen molar-refractivity contribution in [3.05, 3.63) is 125 Å². The van der Waals surface area contributed by atoms with E-state index >= 15 is 17.6 Å². The van der Waals surface area contributed by atoms with Gasteiger partial charge in [0.15, 0.2) is 0 Å². The number of benzene rings is 6. The number of nitrogens with zero attached hydrogens (tertiary/aromatic N) is 1. The average Bonchev–Trinajstić information content (AvgIpc) is 3.34. The van der Waals surface area contributed by atoms with Crippen LogP contribution in [0.15, 0.2) is 91.0 Å².